The lowest BCUT2D eigenvalue weighted by molar-refractivity contribution is 0.114. The van der Waals surface area contributed by atoms with Gasteiger partial charge in [-0.3, -0.25) is 10.3 Å². The summed E-state index contributed by atoms with van der Waals surface area (Å²) < 4.78 is 0. The Morgan fingerprint density at radius 1 is 1.78 bits per heavy atom. The average molecular weight is 128 g/mol. The van der Waals surface area contributed by atoms with Crippen molar-refractivity contribution in [3.8, 4) is 0 Å². The van der Waals surface area contributed by atoms with Gasteiger partial charge < -0.3 is 5.32 Å². The first kappa shape index (κ1) is 6.58. The van der Waals surface area contributed by atoms with Gasteiger partial charge in [0.2, 0.25) is 0 Å². The van der Waals surface area contributed by atoms with E-state index in [1.165, 1.54) is 5.70 Å². The summed E-state index contributed by atoms with van der Waals surface area (Å²) in [6, 6.07) is 0. The summed E-state index contributed by atoms with van der Waals surface area (Å²) in [6.07, 6.45) is 3.13. The second kappa shape index (κ2) is 3.48. The van der Waals surface area contributed by atoms with Crippen LogP contribution in [0.2, 0.25) is 0 Å². The molecule has 0 saturated carbocycles. The highest BCUT2D eigenvalue weighted by Gasteiger charge is 1.99. The zero-order chi connectivity index (χ0) is 6.53. The fourth-order valence-electron chi connectivity index (χ4n) is 0.846. The molecule has 52 valence electrons. The summed E-state index contributed by atoms with van der Waals surface area (Å²) in [7, 11) is 1.63. The first-order chi connectivity index (χ1) is 4.43. The topological polar surface area (TPSA) is 33.3 Å². The molecule has 9 heavy (non-hydrogen) atoms. The van der Waals surface area contributed by atoms with Crippen molar-refractivity contribution in [2.75, 3.05) is 20.2 Å². The van der Waals surface area contributed by atoms with Crippen molar-refractivity contribution in [1.82, 2.24) is 10.8 Å². The SMILES string of the molecule is CONC1=CCNCC1. The molecule has 3 heteroatoms. The van der Waals surface area contributed by atoms with Crippen LogP contribution < -0.4 is 10.8 Å². The average Bonchev–Trinajstić information content (AvgIpc) is 1.91. The van der Waals surface area contributed by atoms with Gasteiger partial charge in [-0.1, -0.05) is 0 Å². The minimum absolute atomic E-state index is 0.950. The van der Waals surface area contributed by atoms with Crippen LogP contribution in [0.1, 0.15) is 6.42 Å². The lowest BCUT2D eigenvalue weighted by Crippen LogP contribution is -2.25. The molecule has 0 unspecified atom stereocenters. The standard InChI is InChI=1S/C6H12N2O/c1-9-8-6-2-4-7-5-3-6/h2,7-8H,3-5H2,1H3. The smallest absolute Gasteiger partial charge is 0.0636 e. The molecule has 0 radical (unpaired) electrons. The van der Waals surface area contributed by atoms with E-state index in [0.717, 1.165) is 19.5 Å². The van der Waals surface area contributed by atoms with Crippen LogP contribution in [0, 0.1) is 0 Å². The predicted molar refractivity (Wildman–Crippen MR) is 35.7 cm³/mol. The van der Waals surface area contributed by atoms with Crippen molar-refractivity contribution in [3.05, 3.63) is 11.8 Å². The normalized spacial score (nSPS) is 19.0. The molecule has 0 fully saturated rings. The fourth-order valence-corrected chi connectivity index (χ4v) is 0.846. The van der Waals surface area contributed by atoms with Crippen LogP contribution >= 0.6 is 0 Å². The zero-order valence-electron chi connectivity index (χ0n) is 5.61. The van der Waals surface area contributed by atoms with E-state index >= 15 is 0 Å². The molecule has 0 aromatic carbocycles. The molecule has 0 amide bonds. The molecule has 0 atom stereocenters. The summed E-state index contributed by atoms with van der Waals surface area (Å²) in [6.45, 7) is 1.99. The monoisotopic (exact) mass is 128 g/mol. The van der Waals surface area contributed by atoms with Crippen molar-refractivity contribution in [1.29, 1.82) is 0 Å². The maximum Gasteiger partial charge on any atom is 0.0636 e. The van der Waals surface area contributed by atoms with Crippen LogP contribution in [0.15, 0.2) is 11.8 Å². The van der Waals surface area contributed by atoms with Gasteiger partial charge in [-0.2, -0.15) is 0 Å². The molecule has 0 aromatic rings. The molecular weight excluding hydrogens is 116 g/mol. The molecule has 3 nitrogen and oxygen atoms in total. The minimum Gasteiger partial charge on any atom is -0.313 e. The Balaban J connectivity index is 2.28. The third-order valence-corrected chi connectivity index (χ3v) is 1.30. The summed E-state index contributed by atoms with van der Waals surface area (Å²) in [5.74, 6) is 0. The Hall–Kier alpha value is -0.540. The van der Waals surface area contributed by atoms with Crippen molar-refractivity contribution in [3.63, 3.8) is 0 Å². The van der Waals surface area contributed by atoms with Gasteiger partial charge in [0, 0.05) is 25.2 Å². The quantitative estimate of drug-likeness (QED) is 0.514. The van der Waals surface area contributed by atoms with Gasteiger partial charge in [-0.15, -0.1) is 0 Å². The van der Waals surface area contributed by atoms with E-state index in [9.17, 15) is 0 Å². The summed E-state index contributed by atoms with van der Waals surface area (Å²) in [4.78, 5) is 4.74. The molecule has 2 N–H and O–H groups in total. The van der Waals surface area contributed by atoms with Gasteiger partial charge in [0.25, 0.3) is 0 Å². The van der Waals surface area contributed by atoms with E-state index in [2.05, 4.69) is 16.9 Å². The highest BCUT2D eigenvalue weighted by molar-refractivity contribution is 5.02. The Bertz CT molecular complexity index is 112. The third kappa shape index (κ3) is 2.03. The second-order valence-electron chi connectivity index (χ2n) is 1.99. The Labute approximate surface area is 55.0 Å². The van der Waals surface area contributed by atoms with Gasteiger partial charge in [-0.25, -0.2) is 0 Å². The minimum atomic E-state index is 0.950. The summed E-state index contributed by atoms with van der Waals surface area (Å²) in [5.41, 5.74) is 3.98. The van der Waals surface area contributed by atoms with E-state index in [1.54, 1.807) is 7.11 Å². The van der Waals surface area contributed by atoms with Gasteiger partial charge in [-0.05, 0) is 6.08 Å². The van der Waals surface area contributed by atoms with Gasteiger partial charge in [0.05, 0.1) is 7.11 Å². The zero-order valence-corrected chi connectivity index (χ0v) is 5.61. The maximum absolute atomic E-state index is 4.74. The molecule has 0 aromatic heterocycles. The summed E-state index contributed by atoms with van der Waals surface area (Å²) >= 11 is 0. The van der Waals surface area contributed by atoms with Gasteiger partial charge in [0.1, 0.15) is 0 Å². The molecule has 1 rings (SSSR count). The molecule has 1 heterocycles. The Kier molecular flexibility index (Phi) is 2.54. The van der Waals surface area contributed by atoms with Crippen LogP contribution in [0.4, 0.5) is 0 Å². The first-order valence-corrected chi connectivity index (χ1v) is 3.12. The van der Waals surface area contributed by atoms with E-state index < -0.39 is 0 Å². The van der Waals surface area contributed by atoms with Gasteiger partial charge in [0.15, 0.2) is 0 Å². The van der Waals surface area contributed by atoms with Crippen molar-refractivity contribution in [2.24, 2.45) is 0 Å². The number of hydrogen-bond acceptors (Lipinski definition) is 3. The molecule has 1 aliphatic rings. The third-order valence-electron chi connectivity index (χ3n) is 1.30. The number of nitrogens with one attached hydrogen (secondary N) is 2. The second-order valence-corrected chi connectivity index (χ2v) is 1.99. The van der Waals surface area contributed by atoms with E-state index in [0.29, 0.717) is 0 Å². The molecule has 0 saturated heterocycles. The number of hydroxylamine groups is 1. The number of hydrogen-bond donors (Lipinski definition) is 2. The highest BCUT2D eigenvalue weighted by Crippen LogP contribution is 1.98. The van der Waals surface area contributed by atoms with Crippen LogP contribution in [0.25, 0.3) is 0 Å². The summed E-state index contributed by atoms with van der Waals surface area (Å²) in [5, 5.41) is 3.20. The van der Waals surface area contributed by atoms with Crippen LogP contribution in [0.5, 0.6) is 0 Å². The van der Waals surface area contributed by atoms with Crippen molar-refractivity contribution < 1.29 is 4.84 Å². The van der Waals surface area contributed by atoms with Gasteiger partial charge >= 0.3 is 0 Å². The number of rotatable bonds is 2. The van der Waals surface area contributed by atoms with Crippen molar-refractivity contribution in [2.45, 2.75) is 6.42 Å². The molecule has 1 aliphatic heterocycles. The molecule has 0 spiro atoms. The van der Waals surface area contributed by atoms with Crippen LogP contribution in [-0.4, -0.2) is 20.2 Å². The lowest BCUT2D eigenvalue weighted by Gasteiger charge is -2.13. The molecule has 0 aliphatic carbocycles. The van der Waals surface area contributed by atoms with E-state index in [4.69, 9.17) is 4.84 Å². The first-order valence-electron chi connectivity index (χ1n) is 3.12. The largest absolute Gasteiger partial charge is 0.313 e. The molecular formula is C6H12N2O. The highest BCUT2D eigenvalue weighted by atomic mass is 16.6. The lowest BCUT2D eigenvalue weighted by atomic mass is 10.2. The van der Waals surface area contributed by atoms with E-state index in [-0.39, 0.29) is 0 Å². The van der Waals surface area contributed by atoms with Crippen molar-refractivity contribution >= 4 is 0 Å². The molecule has 0 bridgehead atoms. The maximum atomic E-state index is 4.74. The Morgan fingerprint density at radius 2 is 2.67 bits per heavy atom. The van der Waals surface area contributed by atoms with E-state index in [1.807, 2.05) is 0 Å². The Morgan fingerprint density at radius 3 is 3.22 bits per heavy atom. The van der Waals surface area contributed by atoms with Crippen LogP contribution in [-0.2, 0) is 4.84 Å². The predicted octanol–water partition coefficient (Wildman–Crippen LogP) is 0.0146. The van der Waals surface area contributed by atoms with Crippen LogP contribution in [0.3, 0.4) is 0 Å². The fraction of sp³-hybridized carbons (Fsp3) is 0.667.